The molecule has 1 aromatic rings. The molecule has 0 aromatic heterocycles. The lowest BCUT2D eigenvalue weighted by molar-refractivity contribution is 0.144. The summed E-state index contributed by atoms with van der Waals surface area (Å²) in [4.78, 5) is 0. The van der Waals surface area contributed by atoms with Crippen LogP contribution in [-0.4, -0.2) is 25.4 Å². The zero-order chi connectivity index (χ0) is 12.1. The summed E-state index contributed by atoms with van der Waals surface area (Å²) in [6.07, 6.45) is 0.0417. The molecular weight excluding hydrogens is 206 g/mol. The number of rotatable bonds is 5. The lowest BCUT2D eigenvalue weighted by Crippen LogP contribution is -2.27. The van der Waals surface area contributed by atoms with Crippen LogP contribution in [0.2, 0.25) is 0 Å². The molecule has 3 N–H and O–H groups in total. The van der Waals surface area contributed by atoms with Crippen LogP contribution < -0.4 is 15.2 Å². The number of aliphatic hydroxyl groups excluding tert-OH is 1. The predicted octanol–water partition coefficient (Wildman–Crippen LogP) is 1.47. The van der Waals surface area contributed by atoms with Crippen LogP contribution >= 0.6 is 0 Å². The molecule has 4 nitrogen and oxygen atoms in total. The molecule has 1 aromatic carbocycles. The number of hydrogen-bond acceptors (Lipinski definition) is 4. The minimum atomic E-state index is -0.676. The summed E-state index contributed by atoms with van der Waals surface area (Å²) in [7, 11) is 3.14. The molecule has 90 valence electrons. The van der Waals surface area contributed by atoms with E-state index in [-0.39, 0.29) is 6.04 Å². The molecule has 0 fully saturated rings. The highest BCUT2D eigenvalue weighted by atomic mass is 16.5. The third kappa shape index (κ3) is 2.65. The Kier molecular flexibility index (Phi) is 4.58. The zero-order valence-electron chi connectivity index (χ0n) is 9.93. The summed E-state index contributed by atoms with van der Waals surface area (Å²) in [6, 6.07) is 5.04. The minimum Gasteiger partial charge on any atom is -0.493 e. The fraction of sp³-hybridized carbons (Fsp3) is 0.500. The van der Waals surface area contributed by atoms with Gasteiger partial charge in [0.05, 0.1) is 20.3 Å². The highest BCUT2D eigenvalue weighted by molar-refractivity contribution is 5.43. The van der Waals surface area contributed by atoms with E-state index in [9.17, 15) is 5.11 Å². The summed E-state index contributed by atoms with van der Waals surface area (Å²) in [6.45, 7) is 1.94. The number of methoxy groups -OCH3 is 2. The van der Waals surface area contributed by atoms with Crippen molar-refractivity contribution < 1.29 is 14.6 Å². The van der Waals surface area contributed by atoms with E-state index in [1.54, 1.807) is 32.4 Å². The molecule has 4 heteroatoms. The zero-order valence-corrected chi connectivity index (χ0v) is 9.93. The third-order valence-corrected chi connectivity index (χ3v) is 2.63. The molecule has 0 aliphatic carbocycles. The second-order valence-corrected chi connectivity index (χ2v) is 3.63. The van der Waals surface area contributed by atoms with E-state index in [4.69, 9.17) is 15.2 Å². The molecule has 2 unspecified atom stereocenters. The maximum absolute atomic E-state index is 9.95. The van der Waals surface area contributed by atoms with E-state index in [1.807, 2.05) is 6.92 Å². The molecule has 16 heavy (non-hydrogen) atoms. The molecule has 0 amide bonds. The van der Waals surface area contributed by atoms with Gasteiger partial charge in [-0.25, -0.2) is 0 Å². The van der Waals surface area contributed by atoms with Gasteiger partial charge in [0, 0.05) is 6.04 Å². The van der Waals surface area contributed by atoms with Crippen LogP contribution in [0.4, 0.5) is 0 Å². The number of nitrogens with two attached hydrogens (primary N) is 1. The van der Waals surface area contributed by atoms with Crippen molar-refractivity contribution >= 4 is 0 Å². The summed E-state index contributed by atoms with van der Waals surface area (Å²) in [5, 5.41) is 9.95. The SMILES string of the molecule is CCC(N)C(O)c1ccc(OC)c(OC)c1. The molecular formula is C12H19NO3. The standard InChI is InChI=1S/C12H19NO3/c1-4-9(13)12(14)8-5-6-10(15-2)11(7-8)16-3/h5-7,9,12,14H,4,13H2,1-3H3. The largest absolute Gasteiger partial charge is 0.493 e. The van der Waals surface area contributed by atoms with Crippen molar-refractivity contribution in [1.82, 2.24) is 0 Å². The van der Waals surface area contributed by atoms with Gasteiger partial charge in [-0.1, -0.05) is 13.0 Å². The van der Waals surface area contributed by atoms with E-state index in [1.165, 1.54) is 0 Å². The summed E-state index contributed by atoms with van der Waals surface area (Å²) in [5.41, 5.74) is 6.53. The molecule has 1 rings (SSSR count). The summed E-state index contributed by atoms with van der Waals surface area (Å²) < 4.78 is 10.3. The summed E-state index contributed by atoms with van der Waals surface area (Å²) in [5.74, 6) is 1.24. The Hall–Kier alpha value is -1.26. The number of benzene rings is 1. The topological polar surface area (TPSA) is 64.7 Å². The Balaban J connectivity index is 2.98. The molecule has 0 aliphatic rings. The third-order valence-electron chi connectivity index (χ3n) is 2.63. The van der Waals surface area contributed by atoms with Gasteiger partial charge in [-0.3, -0.25) is 0 Å². The van der Waals surface area contributed by atoms with Crippen molar-refractivity contribution in [1.29, 1.82) is 0 Å². The first kappa shape index (κ1) is 12.8. The Bertz CT molecular complexity index is 341. The van der Waals surface area contributed by atoms with Gasteiger partial charge in [-0.05, 0) is 24.1 Å². The van der Waals surface area contributed by atoms with Crippen LogP contribution in [0.5, 0.6) is 11.5 Å². The van der Waals surface area contributed by atoms with E-state index >= 15 is 0 Å². The highest BCUT2D eigenvalue weighted by Crippen LogP contribution is 2.30. The van der Waals surface area contributed by atoms with Crippen molar-refractivity contribution in [3.8, 4) is 11.5 Å². The molecule has 0 heterocycles. The van der Waals surface area contributed by atoms with Gasteiger partial charge in [-0.15, -0.1) is 0 Å². The van der Waals surface area contributed by atoms with Crippen LogP contribution in [0.3, 0.4) is 0 Å². The first-order valence-corrected chi connectivity index (χ1v) is 5.29. The summed E-state index contributed by atoms with van der Waals surface area (Å²) >= 11 is 0. The van der Waals surface area contributed by atoms with Crippen molar-refractivity contribution in [3.05, 3.63) is 23.8 Å². The molecule has 2 atom stereocenters. The lowest BCUT2D eigenvalue weighted by Gasteiger charge is -2.18. The van der Waals surface area contributed by atoms with Gasteiger partial charge in [0.2, 0.25) is 0 Å². The minimum absolute atomic E-state index is 0.266. The maximum Gasteiger partial charge on any atom is 0.161 e. The monoisotopic (exact) mass is 225 g/mol. The first-order valence-electron chi connectivity index (χ1n) is 5.29. The Labute approximate surface area is 96.0 Å². The predicted molar refractivity (Wildman–Crippen MR) is 62.8 cm³/mol. The lowest BCUT2D eigenvalue weighted by atomic mass is 10.0. The first-order chi connectivity index (χ1) is 7.63. The number of hydrogen-bond donors (Lipinski definition) is 2. The van der Waals surface area contributed by atoms with Crippen LogP contribution in [0, 0.1) is 0 Å². The van der Waals surface area contributed by atoms with Crippen LogP contribution in [-0.2, 0) is 0 Å². The Morgan fingerprint density at radius 1 is 1.25 bits per heavy atom. The molecule has 0 aliphatic heterocycles. The van der Waals surface area contributed by atoms with Crippen molar-refractivity contribution in [2.75, 3.05) is 14.2 Å². The van der Waals surface area contributed by atoms with Gasteiger partial charge in [0.25, 0.3) is 0 Å². The molecule has 0 bridgehead atoms. The van der Waals surface area contributed by atoms with Crippen molar-refractivity contribution in [2.24, 2.45) is 5.73 Å². The molecule has 0 saturated carbocycles. The molecule has 0 saturated heterocycles. The van der Waals surface area contributed by atoms with Crippen molar-refractivity contribution in [3.63, 3.8) is 0 Å². The van der Waals surface area contributed by atoms with Crippen LogP contribution in [0.1, 0.15) is 25.0 Å². The van der Waals surface area contributed by atoms with E-state index < -0.39 is 6.10 Å². The van der Waals surface area contributed by atoms with Crippen LogP contribution in [0.25, 0.3) is 0 Å². The Morgan fingerprint density at radius 2 is 1.88 bits per heavy atom. The number of aliphatic hydroxyl groups is 1. The van der Waals surface area contributed by atoms with Crippen molar-refractivity contribution in [2.45, 2.75) is 25.5 Å². The van der Waals surface area contributed by atoms with Gasteiger partial charge < -0.3 is 20.3 Å². The smallest absolute Gasteiger partial charge is 0.161 e. The van der Waals surface area contributed by atoms with E-state index in [2.05, 4.69) is 0 Å². The second kappa shape index (κ2) is 5.72. The fourth-order valence-corrected chi connectivity index (χ4v) is 1.51. The average Bonchev–Trinajstić information content (AvgIpc) is 2.35. The Morgan fingerprint density at radius 3 is 2.38 bits per heavy atom. The van der Waals surface area contributed by atoms with Gasteiger partial charge in [0.15, 0.2) is 11.5 Å². The van der Waals surface area contributed by atoms with Crippen LogP contribution in [0.15, 0.2) is 18.2 Å². The van der Waals surface area contributed by atoms with E-state index in [0.29, 0.717) is 11.5 Å². The highest BCUT2D eigenvalue weighted by Gasteiger charge is 2.16. The van der Waals surface area contributed by atoms with E-state index in [0.717, 1.165) is 12.0 Å². The quantitative estimate of drug-likeness (QED) is 0.796. The molecule has 0 radical (unpaired) electrons. The maximum atomic E-state index is 9.95. The average molecular weight is 225 g/mol. The van der Waals surface area contributed by atoms with Gasteiger partial charge in [-0.2, -0.15) is 0 Å². The van der Waals surface area contributed by atoms with Gasteiger partial charge in [0.1, 0.15) is 0 Å². The normalized spacial score (nSPS) is 14.3. The molecule has 0 spiro atoms. The second-order valence-electron chi connectivity index (χ2n) is 3.63. The van der Waals surface area contributed by atoms with Gasteiger partial charge >= 0.3 is 0 Å². The fourth-order valence-electron chi connectivity index (χ4n) is 1.51. The number of ether oxygens (including phenoxy) is 2.